The molecule has 20 heavy (non-hydrogen) atoms. The topological polar surface area (TPSA) is 12.0 Å². The van der Waals surface area contributed by atoms with Crippen LogP contribution in [0, 0.1) is 18.6 Å². The molecule has 0 amide bonds. The summed E-state index contributed by atoms with van der Waals surface area (Å²) >= 11 is 6.12. The van der Waals surface area contributed by atoms with Crippen LogP contribution < -0.4 is 5.32 Å². The summed E-state index contributed by atoms with van der Waals surface area (Å²) in [5, 5.41) is 3.80. The highest BCUT2D eigenvalue weighted by atomic mass is 35.5. The molecule has 0 aliphatic rings. The molecule has 0 spiro atoms. The lowest BCUT2D eigenvalue weighted by atomic mass is 9.94. The zero-order valence-electron chi connectivity index (χ0n) is 11.4. The molecule has 2 rings (SSSR count). The number of hydrogen-bond donors (Lipinski definition) is 1. The second-order valence-electron chi connectivity index (χ2n) is 4.61. The van der Waals surface area contributed by atoms with Crippen molar-refractivity contribution in [2.24, 2.45) is 0 Å². The van der Waals surface area contributed by atoms with Gasteiger partial charge in [-0.3, -0.25) is 0 Å². The van der Waals surface area contributed by atoms with E-state index >= 15 is 0 Å². The van der Waals surface area contributed by atoms with Crippen LogP contribution >= 0.6 is 11.6 Å². The van der Waals surface area contributed by atoms with Crippen LogP contribution in [0.2, 0.25) is 5.02 Å². The molecule has 0 aliphatic carbocycles. The summed E-state index contributed by atoms with van der Waals surface area (Å²) in [6, 6.07) is 8.54. The number of benzene rings is 2. The largest absolute Gasteiger partial charge is 0.306 e. The number of halogens is 3. The third-order valence-corrected chi connectivity index (χ3v) is 3.71. The van der Waals surface area contributed by atoms with Crippen molar-refractivity contribution in [3.63, 3.8) is 0 Å². The predicted molar refractivity (Wildman–Crippen MR) is 78.1 cm³/mol. The molecule has 4 heteroatoms. The van der Waals surface area contributed by atoms with Gasteiger partial charge in [0.05, 0.1) is 6.04 Å². The van der Waals surface area contributed by atoms with E-state index in [-0.39, 0.29) is 5.56 Å². The normalized spacial score (nSPS) is 12.4. The quantitative estimate of drug-likeness (QED) is 0.867. The van der Waals surface area contributed by atoms with Crippen molar-refractivity contribution >= 4 is 11.6 Å². The lowest BCUT2D eigenvalue weighted by molar-refractivity contribution is 0.544. The first-order valence-electron chi connectivity index (χ1n) is 6.48. The van der Waals surface area contributed by atoms with E-state index in [9.17, 15) is 8.78 Å². The van der Waals surface area contributed by atoms with Crippen LogP contribution in [0.15, 0.2) is 36.4 Å². The number of nitrogens with one attached hydrogen (secondary N) is 1. The molecule has 1 atom stereocenters. The average molecular weight is 296 g/mol. The molecule has 0 heterocycles. The van der Waals surface area contributed by atoms with E-state index in [0.717, 1.165) is 23.3 Å². The van der Waals surface area contributed by atoms with Crippen LogP contribution in [-0.4, -0.2) is 6.54 Å². The molecule has 0 radical (unpaired) electrons. The Labute approximate surface area is 122 Å². The minimum absolute atomic E-state index is 0.289. The van der Waals surface area contributed by atoms with Gasteiger partial charge < -0.3 is 5.32 Å². The van der Waals surface area contributed by atoms with E-state index in [4.69, 9.17) is 11.6 Å². The smallest absolute Gasteiger partial charge is 0.128 e. The zero-order chi connectivity index (χ0) is 14.7. The van der Waals surface area contributed by atoms with Crippen molar-refractivity contribution < 1.29 is 8.78 Å². The third-order valence-electron chi connectivity index (χ3n) is 3.30. The fraction of sp³-hybridized carbons (Fsp3) is 0.250. The minimum Gasteiger partial charge on any atom is -0.306 e. The second kappa shape index (κ2) is 6.33. The van der Waals surface area contributed by atoms with E-state index < -0.39 is 17.7 Å². The molecule has 2 aromatic rings. The standard InChI is InChI=1S/C16H16ClF2N/c1-3-20-16(12-5-4-6-14(17)10(12)2)13-9-11(18)7-8-15(13)19/h4-9,16,20H,3H2,1-2H3. The fourth-order valence-corrected chi connectivity index (χ4v) is 2.45. The Morgan fingerprint density at radius 3 is 2.60 bits per heavy atom. The Balaban J connectivity index is 2.56. The average Bonchev–Trinajstić information content (AvgIpc) is 2.43. The second-order valence-corrected chi connectivity index (χ2v) is 5.02. The van der Waals surface area contributed by atoms with Gasteiger partial charge in [-0.1, -0.05) is 30.7 Å². The van der Waals surface area contributed by atoms with Crippen LogP contribution in [0.5, 0.6) is 0 Å². The van der Waals surface area contributed by atoms with Crippen molar-refractivity contribution in [1.29, 1.82) is 0 Å². The van der Waals surface area contributed by atoms with Crippen LogP contribution in [0.25, 0.3) is 0 Å². The maximum absolute atomic E-state index is 14.0. The lowest BCUT2D eigenvalue weighted by Gasteiger charge is -2.22. The van der Waals surface area contributed by atoms with E-state index in [1.54, 1.807) is 6.07 Å². The summed E-state index contributed by atoms with van der Waals surface area (Å²) in [4.78, 5) is 0. The Hall–Kier alpha value is -1.45. The van der Waals surface area contributed by atoms with E-state index in [1.165, 1.54) is 6.07 Å². The van der Waals surface area contributed by atoms with Crippen LogP contribution in [-0.2, 0) is 0 Å². The first-order chi connectivity index (χ1) is 9.54. The maximum atomic E-state index is 14.0. The molecule has 1 nitrogen and oxygen atoms in total. The van der Waals surface area contributed by atoms with Crippen LogP contribution in [0.3, 0.4) is 0 Å². The highest BCUT2D eigenvalue weighted by Crippen LogP contribution is 2.30. The van der Waals surface area contributed by atoms with Gasteiger partial charge in [-0.05, 0) is 48.9 Å². The van der Waals surface area contributed by atoms with Gasteiger partial charge >= 0.3 is 0 Å². The van der Waals surface area contributed by atoms with Gasteiger partial charge in [0.1, 0.15) is 11.6 Å². The van der Waals surface area contributed by atoms with E-state index in [0.29, 0.717) is 11.6 Å². The molecule has 1 N–H and O–H groups in total. The van der Waals surface area contributed by atoms with Gasteiger partial charge in [0.2, 0.25) is 0 Å². The molecular formula is C16H16ClF2N. The van der Waals surface area contributed by atoms with Gasteiger partial charge in [0.25, 0.3) is 0 Å². The Morgan fingerprint density at radius 1 is 1.15 bits per heavy atom. The molecule has 0 aliphatic heterocycles. The summed E-state index contributed by atoms with van der Waals surface area (Å²) < 4.78 is 27.4. The highest BCUT2D eigenvalue weighted by Gasteiger charge is 2.20. The van der Waals surface area contributed by atoms with Gasteiger partial charge in [-0.2, -0.15) is 0 Å². The molecule has 0 aromatic heterocycles. The molecule has 0 saturated heterocycles. The third kappa shape index (κ3) is 3.00. The lowest BCUT2D eigenvalue weighted by Crippen LogP contribution is -2.24. The molecule has 106 valence electrons. The van der Waals surface area contributed by atoms with E-state index in [1.807, 2.05) is 26.0 Å². The van der Waals surface area contributed by atoms with Crippen molar-refractivity contribution in [3.05, 3.63) is 69.7 Å². The maximum Gasteiger partial charge on any atom is 0.128 e. The molecule has 0 bridgehead atoms. The molecule has 0 saturated carbocycles. The van der Waals surface area contributed by atoms with Crippen molar-refractivity contribution in [1.82, 2.24) is 5.32 Å². The zero-order valence-corrected chi connectivity index (χ0v) is 12.1. The number of rotatable bonds is 4. The van der Waals surface area contributed by atoms with E-state index in [2.05, 4.69) is 5.32 Å². The SMILES string of the molecule is CCNC(c1cc(F)ccc1F)c1cccc(Cl)c1C. The molecular weight excluding hydrogens is 280 g/mol. The Bertz CT molecular complexity index is 611. The number of hydrogen-bond acceptors (Lipinski definition) is 1. The molecule has 1 unspecified atom stereocenters. The molecule has 0 fully saturated rings. The Morgan fingerprint density at radius 2 is 1.90 bits per heavy atom. The summed E-state index contributed by atoms with van der Waals surface area (Å²) in [5.41, 5.74) is 2.00. The van der Waals surface area contributed by atoms with Crippen LogP contribution in [0.4, 0.5) is 8.78 Å². The monoisotopic (exact) mass is 295 g/mol. The summed E-state index contributed by atoms with van der Waals surface area (Å²) in [6.45, 7) is 4.43. The minimum atomic E-state index is -0.455. The Kier molecular flexibility index (Phi) is 4.73. The highest BCUT2D eigenvalue weighted by molar-refractivity contribution is 6.31. The summed E-state index contributed by atoms with van der Waals surface area (Å²) in [6.07, 6.45) is 0. The predicted octanol–water partition coefficient (Wildman–Crippen LogP) is 4.63. The summed E-state index contributed by atoms with van der Waals surface area (Å²) in [7, 11) is 0. The molecule has 2 aromatic carbocycles. The fourth-order valence-electron chi connectivity index (χ4n) is 2.26. The van der Waals surface area contributed by atoms with Crippen molar-refractivity contribution in [2.75, 3.05) is 6.54 Å². The summed E-state index contributed by atoms with van der Waals surface area (Å²) in [5.74, 6) is -0.888. The van der Waals surface area contributed by atoms with Crippen LogP contribution in [0.1, 0.15) is 29.7 Å². The van der Waals surface area contributed by atoms with Crippen molar-refractivity contribution in [2.45, 2.75) is 19.9 Å². The van der Waals surface area contributed by atoms with Gasteiger partial charge in [-0.25, -0.2) is 8.78 Å². The van der Waals surface area contributed by atoms with Gasteiger partial charge in [0, 0.05) is 10.6 Å². The van der Waals surface area contributed by atoms with Crippen molar-refractivity contribution in [3.8, 4) is 0 Å². The first kappa shape index (κ1) is 14.9. The first-order valence-corrected chi connectivity index (χ1v) is 6.85. The van der Waals surface area contributed by atoms with Gasteiger partial charge in [-0.15, -0.1) is 0 Å². The van der Waals surface area contributed by atoms with Gasteiger partial charge in [0.15, 0.2) is 0 Å².